The number of nitrogens with zero attached hydrogens (tertiary/aromatic N) is 2. The molecular weight excluding hydrogens is 452 g/mol. The lowest BCUT2D eigenvalue weighted by atomic mass is 10.1. The maximum absolute atomic E-state index is 13.7. The van der Waals surface area contributed by atoms with Crippen LogP contribution in [0.15, 0.2) is 47.4 Å². The smallest absolute Gasteiger partial charge is 0.303 e. The zero-order chi connectivity index (χ0) is 22.5. The molecule has 0 radical (unpaired) electrons. The van der Waals surface area contributed by atoms with Crippen molar-refractivity contribution in [2.24, 2.45) is 0 Å². The number of hydrogen-bond donors (Lipinski definition) is 0. The number of anilines is 1. The van der Waals surface area contributed by atoms with Gasteiger partial charge in [-0.3, -0.25) is 9.59 Å². The third-order valence-electron chi connectivity index (χ3n) is 5.00. The molecule has 2 aromatic rings. The lowest BCUT2D eigenvalue weighted by Gasteiger charge is -2.28. The Balaban J connectivity index is 0.00000363. The molecule has 0 bridgehead atoms. The molecule has 1 amide bonds. The number of carbonyl (C=O) groups excluding carboxylic acids is 2. The van der Waals surface area contributed by atoms with Crippen LogP contribution in [0.2, 0.25) is 0 Å². The molecule has 1 heterocycles. The molecule has 2 aromatic carbocycles. The van der Waals surface area contributed by atoms with E-state index in [2.05, 4.69) is 0 Å². The van der Waals surface area contributed by atoms with Crippen LogP contribution in [0.25, 0.3) is 0 Å². The van der Waals surface area contributed by atoms with E-state index >= 15 is 0 Å². The van der Waals surface area contributed by atoms with Gasteiger partial charge in [-0.25, -0.2) is 0 Å². The maximum Gasteiger partial charge on any atom is 0.303 e. The Morgan fingerprint density at radius 3 is 2.25 bits per heavy atom. The Morgan fingerprint density at radius 2 is 1.69 bits per heavy atom. The van der Waals surface area contributed by atoms with Crippen molar-refractivity contribution in [1.82, 2.24) is 4.90 Å². The van der Waals surface area contributed by atoms with Crippen LogP contribution in [0, 0.1) is 0 Å². The minimum atomic E-state index is -0.962. The summed E-state index contributed by atoms with van der Waals surface area (Å²) in [5, 5.41) is -0.404. The number of carbonyl (C=O) groups is 2. The molecule has 0 aliphatic carbocycles. The Labute approximate surface area is 199 Å². The highest BCUT2D eigenvalue weighted by Gasteiger charge is 2.41. The molecule has 0 N–H and O–H groups in total. The summed E-state index contributed by atoms with van der Waals surface area (Å²) in [6.07, 6.45) is -0.962. The number of rotatable bonds is 7. The van der Waals surface area contributed by atoms with Crippen molar-refractivity contribution in [1.29, 1.82) is 0 Å². The number of amides is 1. The predicted molar refractivity (Wildman–Crippen MR) is 128 cm³/mol. The minimum Gasteiger partial charge on any atom is -0.497 e. The molecule has 2 atom stereocenters. The molecule has 9 heteroatoms. The van der Waals surface area contributed by atoms with E-state index < -0.39 is 17.3 Å². The molecule has 0 fully saturated rings. The molecular formula is C23H29ClN2O5S. The van der Waals surface area contributed by atoms with Crippen LogP contribution in [-0.2, 0) is 14.3 Å². The summed E-state index contributed by atoms with van der Waals surface area (Å²) < 4.78 is 16.3. The van der Waals surface area contributed by atoms with Crippen LogP contribution >= 0.6 is 24.2 Å². The lowest BCUT2D eigenvalue weighted by molar-refractivity contribution is -0.152. The molecule has 0 spiro atoms. The molecule has 1 aliphatic heterocycles. The van der Waals surface area contributed by atoms with Gasteiger partial charge < -0.3 is 24.0 Å². The summed E-state index contributed by atoms with van der Waals surface area (Å²) in [7, 11) is 7.10. The first kappa shape index (κ1) is 25.8. The molecule has 0 unspecified atom stereocenters. The number of fused-ring (bicyclic) bond motifs is 1. The van der Waals surface area contributed by atoms with Crippen LogP contribution in [0.4, 0.5) is 5.69 Å². The first-order chi connectivity index (χ1) is 14.8. The van der Waals surface area contributed by atoms with E-state index in [1.54, 1.807) is 19.1 Å². The third-order valence-corrected chi connectivity index (χ3v) is 6.38. The van der Waals surface area contributed by atoms with Gasteiger partial charge in [-0.15, -0.1) is 24.2 Å². The van der Waals surface area contributed by atoms with Gasteiger partial charge in [0.15, 0.2) is 6.10 Å². The number of thioether (sulfide) groups is 1. The van der Waals surface area contributed by atoms with Gasteiger partial charge in [-0.2, -0.15) is 0 Å². The number of hydrogen-bond acceptors (Lipinski definition) is 7. The second-order valence-corrected chi connectivity index (χ2v) is 8.65. The number of ether oxygens (including phenoxy) is 3. The maximum atomic E-state index is 13.7. The normalized spacial score (nSPS) is 17.8. The first-order valence-corrected chi connectivity index (χ1v) is 10.8. The molecule has 174 valence electrons. The monoisotopic (exact) mass is 480 g/mol. The largest absolute Gasteiger partial charge is 0.497 e. The number of benzene rings is 2. The van der Waals surface area contributed by atoms with Crippen molar-refractivity contribution in [2.45, 2.75) is 23.2 Å². The van der Waals surface area contributed by atoms with E-state index in [9.17, 15) is 9.59 Å². The van der Waals surface area contributed by atoms with E-state index in [-0.39, 0.29) is 18.3 Å². The quantitative estimate of drug-likeness (QED) is 0.558. The fraction of sp³-hybridized carbons (Fsp3) is 0.391. The highest BCUT2D eigenvalue weighted by molar-refractivity contribution is 7.99. The fourth-order valence-electron chi connectivity index (χ4n) is 3.39. The average molecular weight is 481 g/mol. The van der Waals surface area contributed by atoms with Gasteiger partial charge in [-0.1, -0.05) is 12.1 Å². The molecule has 0 saturated heterocycles. The Morgan fingerprint density at radius 1 is 1.06 bits per heavy atom. The van der Waals surface area contributed by atoms with Gasteiger partial charge in [0.25, 0.3) is 5.91 Å². The Bertz CT molecular complexity index is 938. The van der Waals surface area contributed by atoms with E-state index in [4.69, 9.17) is 14.2 Å². The molecule has 1 aliphatic rings. The van der Waals surface area contributed by atoms with Crippen LogP contribution < -0.4 is 14.4 Å². The average Bonchev–Trinajstić information content (AvgIpc) is 2.86. The van der Waals surface area contributed by atoms with Crippen molar-refractivity contribution >= 4 is 41.7 Å². The second kappa shape index (κ2) is 11.4. The van der Waals surface area contributed by atoms with Gasteiger partial charge in [0.2, 0.25) is 0 Å². The summed E-state index contributed by atoms with van der Waals surface area (Å²) in [6.45, 7) is 2.45. The topological polar surface area (TPSA) is 68.3 Å². The van der Waals surface area contributed by atoms with Gasteiger partial charge in [0, 0.05) is 31.0 Å². The van der Waals surface area contributed by atoms with Crippen LogP contribution in [0.5, 0.6) is 11.5 Å². The van der Waals surface area contributed by atoms with E-state index in [0.29, 0.717) is 18.8 Å². The van der Waals surface area contributed by atoms with Gasteiger partial charge in [0.1, 0.15) is 11.5 Å². The Hall–Kier alpha value is -2.42. The summed E-state index contributed by atoms with van der Waals surface area (Å²) >= 11 is 1.51. The van der Waals surface area contributed by atoms with E-state index in [0.717, 1.165) is 21.9 Å². The van der Waals surface area contributed by atoms with Crippen molar-refractivity contribution in [2.75, 3.05) is 46.3 Å². The summed E-state index contributed by atoms with van der Waals surface area (Å²) in [4.78, 5) is 30.3. The zero-order valence-corrected chi connectivity index (χ0v) is 20.5. The van der Waals surface area contributed by atoms with Gasteiger partial charge in [0.05, 0.1) is 25.2 Å². The first-order valence-electron chi connectivity index (χ1n) is 9.96. The predicted octanol–water partition coefficient (Wildman–Crippen LogP) is 3.80. The summed E-state index contributed by atoms with van der Waals surface area (Å²) in [5.74, 6) is 0.635. The number of methoxy groups -OCH3 is 2. The second-order valence-electron chi connectivity index (χ2n) is 7.47. The van der Waals surface area contributed by atoms with Crippen molar-refractivity contribution in [3.63, 3.8) is 0 Å². The number of halogens is 1. The van der Waals surface area contributed by atoms with E-state index in [1.165, 1.54) is 18.7 Å². The standard InChI is InChI=1S/C23H28N2O5S.ClH/c1-15(26)30-21-22(16-6-8-17(28-4)9-7-16)31-20-11-10-18(29-5)14-19(20)25(23(21)27)13-12-24(2)3;/h6-11,14,21-22H,12-13H2,1-5H3;1H/t21-,22+;/m1./s1. The number of esters is 1. The van der Waals surface area contributed by atoms with Gasteiger partial charge >= 0.3 is 5.97 Å². The fourth-order valence-corrected chi connectivity index (χ4v) is 4.69. The molecule has 7 nitrogen and oxygen atoms in total. The minimum absolute atomic E-state index is 0. The molecule has 0 saturated carbocycles. The molecule has 32 heavy (non-hydrogen) atoms. The number of likely N-dealkylation sites (N-methyl/N-ethyl adjacent to an activating group) is 1. The van der Waals surface area contributed by atoms with Crippen LogP contribution in [0.1, 0.15) is 17.7 Å². The van der Waals surface area contributed by atoms with Crippen LogP contribution in [0.3, 0.4) is 0 Å². The van der Waals surface area contributed by atoms with E-state index in [1.807, 2.05) is 61.5 Å². The highest BCUT2D eigenvalue weighted by Crippen LogP contribution is 2.47. The third kappa shape index (κ3) is 5.88. The van der Waals surface area contributed by atoms with Crippen molar-refractivity contribution in [3.05, 3.63) is 48.0 Å². The zero-order valence-electron chi connectivity index (χ0n) is 18.9. The summed E-state index contributed by atoms with van der Waals surface area (Å²) in [5.41, 5.74) is 1.63. The highest BCUT2D eigenvalue weighted by atomic mass is 35.5. The molecule has 3 rings (SSSR count). The van der Waals surface area contributed by atoms with Gasteiger partial charge in [-0.05, 0) is 43.9 Å². The Kier molecular flexibility index (Phi) is 9.24. The lowest BCUT2D eigenvalue weighted by Crippen LogP contribution is -2.45. The molecule has 0 aromatic heterocycles. The SMILES string of the molecule is COc1ccc([C@@H]2Sc3ccc(OC)cc3N(CCN(C)C)C(=O)[C@@H]2OC(C)=O)cc1.Cl. The summed E-state index contributed by atoms with van der Waals surface area (Å²) in [6, 6.07) is 13.2. The van der Waals surface area contributed by atoms with Crippen molar-refractivity contribution in [3.8, 4) is 11.5 Å². The van der Waals surface area contributed by atoms with Crippen LogP contribution in [-0.4, -0.2) is 64.3 Å². The van der Waals surface area contributed by atoms with Crippen molar-refractivity contribution < 1.29 is 23.8 Å².